The Balaban J connectivity index is 2.00. The van der Waals surface area contributed by atoms with Gasteiger partial charge in [0.1, 0.15) is 23.6 Å². The molecule has 0 radical (unpaired) electrons. The summed E-state index contributed by atoms with van der Waals surface area (Å²) in [6, 6.07) is 6.05. The number of ether oxygens (including phenoxy) is 3. The quantitative estimate of drug-likeness (QED) is 0.164. The van der Waals surface area contributed by atoms with E-state index >= 15 is 0 Å². The zero-order valence-electron chi connectivity index (χ0n) is 27.2. The van der Waals surface area contributed by atoms with Gasteiger partial charge in [0.05, 0.1) is 40.0 Å². The van der Waals surface area contributed by atoms with Crippen molar-refractivity contribution in [3.05, 3.63) is 58.4 Å². The SMILES string of the molecule is CCOC(=O)CN(c1ccc(C[C@H](NC(=O)OC(C)(C)C)c2nc3ccc(C(F)(F)F)cc3[nH]2)cc1Cl)S(=O)(=O)NC(=O)OC(C)(C)C. The maximum atomic E-state index is 13.3. The predicted molar refractivity (Wildman–Crippen MR) is 171 cm³/mol. The number of rotatable bonds is 10. The minimum absolute atomic E-state index is 0.0496. The van der Waals surface area contributed by atoms with Crippen LogP contribution in [0, 0.1) is 0 Å². The minimum Gasteiger partial charge on any atom is -0.465 e. The molecule has 3 rings (SSSR count). The number of alkyl halides is 3. The maximum absolute atomic E-state index is 13.3. The Morgan fingerprint density at radius 2 is 1.60 bits per heavy atom. The lowest BCUT2D eigenvalue weighted by Gasteiger charge is -2.26. The molecule has 1 heterocycles. The van der Waals surface area contributed by atoms with Crippen LogP contribution in [-0.2, 0) is 41.8 Å². The van der Waals surface area contributed by atoms with Gasteiger partial charge in [-0.1, -0.05) is 17.7 Å². The smallest absolute Gasteiger partial charge is 0.422 e. The molecule has 0 spiro atoms. The van der Waals surface area contributed by atoms with Crippen molar-refractivity contribution in [1.82, 2.24) is 20.0 Å². The van der Waals surface area contributed by atoms with E-state index in [9.17, 15) is 36.0 Å². The summed E-state index contributed by atoms with van der Waals surface area (Å²) in [5.74, 6) is -0.837. The number of aromatic nitrogens is 2. The van der Waals surface area contributed by atoms with Gasteiger partial charge < -0.3 is 24.5 Å². The highest BCUT2D eigenvalue weighted by Gasteiger charge is 2.33. The monoisotopic (exact) mass is 719 g/mol. The van der Waals surface area contributed by atoms with Crippen molar-refractivity contribution in [2.24, 2.45) is 0 Å². The van der Waals surface area contributed by atoms with Crippen molar-refractivity contribution < 1.29 is 50.2 Å². The number of nitrogens with one attached hydrogen (secondary N) is 3. The van der Waals surface area contributed by atoms with Crippen molar-refractivity contribution >= 4 is 56.7 Å². The number of nitrogens with zero attached hydrogens (tertiary/aromatic N) is 2. The van der Waals surface area contributed by atoms with Gasteiger partial charge in [0.2, 0.25) is 0 Å². The van der Waals surface area contributed by atoms with Crippen LogP contribution in [0.25, 0.3) is 11.0 Å². The summed E-state index contributed by atoms with van der Waals surface area (Å²) in [5, 5.41) is 2.48. The average Bonchev–Trinajstić information content (AvgIpc) is 3.32. The molecule has 0 unspecified atom stereocenters. The van der Waals surface area contributed by atoms with Crippen molar-refractivity contribution in [2.75, 3.05) is 17.5 Å². The number of hydrogen-bond acceptors (Lipinski definition) is 9. The number of imidazole rings is 1. The molecular weight excluding hydrogens is 683 g/mol. The molecule has 1 atom stereocenters. The van der Waals surface area contributed by atoms with Crippen LogP contribution in [0.5, 0.6) is 0 Å². The number of hydrogen-bond donors (Lipinski definition) is 3. The van der Waals surface area contributed by atoms with Gasteiger partial charge in [-0.15, -0.1) is 0 Å². The van der Waals surface area contributed by atoms with E-state index in [4.69, 9.17) is 25.8 Å². The molecule has 0 saturated heterocycles. The Bertz CT molecular complexity index is 1770. The Labute approximate surface area is 280 Å². The van der Waals surface area contributed by atoms with Crippen molar-refractivity contribution in [3.8, 4) is 0 Å². The fourth-order valence-corrected chi connectivity index (χ4v) is 5.65. The van der Waals surface area contributed by atoms with E-state index in [2.05, 4.69) is 15.3 Å². The largest absolute Gasteiger partial charge is 0.465 e. The molecule has 0 aliphatic rings. The number of carbonyl (C=O) groups excluding carboxylic acids is 3. The van der Waals surface area contributed by atoms with Crippen LogP contribution in [0.15, 0.2) is 36.4 Å². The van der Waals surface area contributed by atoms with Crippen LogP contribution >= 0.6 is 11.6 Å². The van der Waals surface area contributed by atoms with Gasteiger partial charge in [-0.3, -0.25) is 4.79 Å². The molecular formula is C30H37ClF3N5O8S. The number of benzene rings is 2. The molecule has 0 saturated carbocycles. The van der Waals surface area contributed by atoms with E-state index in [0.29, 0.717) is 9.87 Å². The highest BCUT2D eigenvalue weighted by atomic mass is 35.5. The van der Waals surface area contributed by atoms with E-state index in [1.54, 1.807) is 25.5 Å². The van der Waals surface area contributed by atoms with Crippen LogP contribution in [0.4, 0.5) is 28.4 Å². The van der Waals surface area contributed by atoms with Gasteiger partial charge in [0.25, 0.3) is 0 Å². The van der Waals surface area contributed by atoms with Gasteiger partial charge in [-0.05, 0) is 84.4 Å². The average molecular weight is 720 g/mol. The number of fused-ring (bicyclic) bond motifs is 1. The summed E-state index contributed by atoms with van der Waals surface area (Å²) in [4.78, 5) is 44.7. The molecule has 2 aromatic carbocycles. The first-order valence-corrected chi connectivity index (χ1v) is 16.3. The second-order valence-corrected chi connectivity index (χ2v) is 14.5. The van der Waals surface area contributed by atoms with E-state index in [-0.39, 0.29) is 40.6 Å². The van der Waals surface area contributed by atoms with Crippen LogP contribution in [0.2, 0.25) is 5.02 Å². The molecule has 0 aliphatic heterocycles. The molecule has 2 amide bonds. The van der Waals surface area contributed by atoms with E-state index in [1.807, 2.05) is 0 Å². The van der Waals surface area contributed by atoms with Gasteiger partial charge in [-0.2, -0.15) is 21.6 Å². The summed E-state index contributed by atoms with van der Waals surface area (Å²) < 4.78 is 84.1. The molecule has 3 N–H and O–H groups in total. The summed E-state index contributed by atoms with van der Waals surface area (Å²) in [5.41, 5.74) is -2.32. The highest BCUT2D eigenvalue weighted by Crippen LogP contribution is 2.33. The van der Waals surface area contributed by atoms with Gasteiger partial charge in [0.15, 0.2) is 0 Å². The normalized spacial score (nSPS) is 13.1. The maximum Gasteiger partial charge on any atom is 0.422 e. The lowest BCUT2D eigenvalue weighted by atomic mass is 10.0. The van der Waals surface area contributed by atoms with Gasteiger partial charge in [0, 0.05) is 6.42 Å². The first-order chi connectivity index (χ1) is 22.0. The van der Waals surface area contributed by atoms with Crippen molar-refractivity contribution in [2.45, 2.75) is 78.3 Å². The van der Waals surface area contributed by atoms with Gasteiger partial charge >= 0.3 is 34.5 Å². The lowest BCUT2D eigenvalue weighted by molar-refractivity contribution is -0.141. The first kappa shape index (κ1) is 38.2. The molecule has 0 bridgehead atoms. The molecule has 3 aromatic rings. The fourth-order valence-electron chi connectivity index (χ4n) is 4.23. The van der Waals surface area contributed by atoms with Crippen LogP contribution in [0.1, 0.15) is 71.5 Å². The number of alkyl carbamates (subject to hydrolysis) is 1. The second-order valence-electron chi connectivity index (χ2n) is 12.5. The van der Waals surface area contributed by atoms with E-state index < -0.39 is 63.9 Å². The molecule has 0 fully saturated rings. The Morgan fingerprint density at radius 1 is 0.979 bits per heavy atom. The number of H-pyrrole nitrogens is 1. The lowest BCUT2D eigenvalue weighted by Crippen LogP contribution is -2.47. The highest BCUT2D eigenvalue weighted by molar-refractivity contribution is 7.91. The van der Waals surface area contributed by atoms with Crippen LogP contribution in [-0.4, -0.2) is 60.9 Å². The van der Waals surface area contributed by atoms with Crippen LogP contribution in [0.3, 0.4) is 0 Å². The fraction of sp³-hybridized carbons (Fsp3) is 0.467. The zero-order chi connectivity index (χ0) is 36.2. The Kier molecular flexibility index (Phi) is 11.5. The Morgan fingerprint density at radius 3 is 2.17 bits per heavy atom. The molecule has 1 aromatic heterocycles. The van der Waals surface area contributed by atoms with Crippen molar-refractivity contribution in [3.63, 3.8) is 0 Å². The van der Waals surface area contributed by atoms with Crippen molar-refractivity contribution in [1.29, 1.82) is 0 Å². The second kappa shape index (κ2) is 14.5. The third kappa shape index (κ3) is 10.9. The zero-order valence-corrected chi connectivity index (χ0v) is 28.8. The summed E-state index contributed by atoms with van der Waals surface area (Å²) in [6.45, 7) is 10.1. The summed E-state index contributed by atoms with van der Waals surface area (Å²) in [6.07, 6.45) is -6.78. The number of carbonyl (C=O) groups is 3. The molecule has 18 heteroatoms. The standard InChI is InChI=1S/C30H37ClF3N5O8S/c1-8-45-24(40)16-39(48(43,44)38-27(42)47-29(5,6)7)23-12-9-17(13-19(23)31)14-22(37-26(41)46-28(2,3)4)25-35-20-11-10-18(30(32,33)34)15-21(20)36-25/h9-13,15,22H,8,14,16H2,1-7H3,(H,35,36)(H,37,41)(H,38,42)/t22-/m0/s1. The predicted octanol–water partition coefficient (Wildman–Crippen LogP) is 6.18. The molecule has 0 aliphatic carbocycles. The Hall–Kier alpha value is -4.25. The molecule has 48 heavy (non-hydrogen) atoms. The number of esters is 1. The van der Waals surface area contributed by atoms with E-state index in [0.717, 1.165) is 12.1 Å². The van der Waals surface area contributed by atoms with E-state index in [1.165, 1.54) is 52.0 Å². The third-order valence-electron chi connectivity index (χ3n) is 6.05. The molecule has 264 valence electrons. The topological polar surface area (TPSA) is 169 Å². The number of amides is 2. The molecule has 13 nitrogen and oxygen atoms in total. The summed E-state index contributed by atoms with van der Waals surface area (Å²) in [7, 11) is -4.77. The first-order valence-electron chi connectivity index (χ1n) is 14.5. The number of aromatic amines is 1. The third-order valence-corrected chi connectivity index (χ3v) is 7.68. The number of anilines is 1. The number of halogens is 4. The minimum atomic E-state index is -4.77. The summed E-state index contributed by atoms with van der Waals surface area (Å²) >= 11 is 6.54. The van der Waals surface area contributed by atoms with Gasteiger partial charge in [-0.25, -0.2) is 23.6 Å². The van der Waals surface area contributed by atoms with Crippen LogP contribution < -0.4 is 14.3 Å².